The van der Waals surface area contributed by atoms with Crippen molar-refractivity contribution in [3.05, 3.63) is 0 Å². The molecule has 17 heavy (non-hydrogen) atoms. The summed E-state index contributed by atoms with van der Waals surface area (Å²) >= 11 is 7.08. The maximum Gasteiger partial charge on any atom is 0.325 e. The Morgan fingerprint density at radius 3 is 2.12 bits per heavy atom. The Morgan fingerprint density at radius 2 is 1.65 bits per heavy atom. The molecule has 0 aliphatic heterocycles. The van der Waals surface area contributed by atoms with Gasteiger partial charge in [-0.05, 0) is 27.7 Å². The molecule has 1 unspecified atom stereocenters. The zero-order valence-corrected chi connectivity index (χ0v) is 12.1. The van der Waals surface area contributed by atoms with E-state index < -0.39 is 11.3 Å². The van der Waals surface area contributed by atoms with Crippen LogP contribution in [-0.4, -0.2) is 41.0 Å². The van der Waals surface area contributed by atoms with Crippen molar-refractivity contribution >= 4 is 35.3 Å². The summed E-state index contributed by atoms with van der Waals surface area (Å²) in [6.07, 6.45) is -0.305. The highest BCUT2D eigenvalue weighted by atomic mass is 35.5. The minimum absolute atomic E-state index is 0.124. The summed E-state index contributed by atoms with van der Waals surface area (Å²) in [7, 11) is 0. The van der Waals surface area contributed by atoms with Crippen LogP contribution < -0.4 is 0 Å². The Hall–Kier alpha value is -0.420. The van der Waals surface area contributed by atoms with Crippen molar-refractivity contribution in [2.45, 2.75) is 45.3 Å². The number of hydrogen-bond donors (Lipinski definition) is 0. The van der Waals surface area contributed by atoms with Gasteiger partial charge in [0.2, 0.25) is 0 Å². The number of thioether (sulfide) groups is 1. The topological polar surface area (TPSA) is 52.6 Å². The van der Waals surface area contributed by atoms with E-state index in [1.54, 1.807) is 27.7 Å². The average molecular weight is 283 g/mol. The molecule has 0 aromatic heterocycles. The van der Waals surface area contributed by atoms with Crippen LogP contribution in [0.5, 0.6) is 0 Å². The van der Waals surface area contributed by atoms with E-state index in [-0.39, 0.29) is 23.9 Å². The molecule has 0 heterocycles. The number of ether oxygens (including phenoxy) is 2. The molecule has 0 rings (SSSR count). The Morgan fingerprint density at radius 1 is 1.12 bits per heavy atom. The zero-order chi connectivity index (χ0) is 13.4. The highest BCUT2D eigenvalue weighted by Crippen LogP contribution is 2.11. The Balaban J connectivity index is 3.74. The lowest BCUT2D eigenvalue weighted by atomic mass is 10.4. The van der Waals surface area contributed by atoms with Crippen molar-refractivity contribution in [3.63, 3.8) is 0 Å². The fourth-order valence-electron chi connectivity index (χ4n) is 0.917. The maximum atomic E-state index is 11.3. The molecule has 100 valence electrons. The molecule has 0 saturated carbocycles. The molecule has 0 aromatic carbocycles. The third-order valence-electron chi connectivity index (χ3n) is 1.46. The molecule has 0 fully saturated rings. The lowest BCUT2D eigenvalue weighted by Gasteiger charge is -2.12. The van der Waals surface area contributed by atoms with Crippen molar-refractivity contribution in [2.24, 2.45) is 0 Å². The molecule has 6 heteroatoms. The highest BCUT2D eigenvalue weighted by Gasteiger charge is 2.18. The largest absolute Gasteiger partial charge is 0.462 e. The second-order valence-electron chi connectivity index (χ2n) is 4.01. The van der Waals surface area contributed by atoms with Crippen molar-refractivity contribution in [1.29, 1.82) is 0 Å². The summed E-state index contributed by atoms with van der Waals surface area (Å²) in [6, 6.07) is 0. The number of alkyl halides is 1. The van der Waals surface area contributed by atoms with Crippen molar-refractivity contribution < 1.29 is 19.1 Å². The molecule has 4 nitrogen and oxygen atoms in total. The van der Waals surface area contributed by atoms with E-state index in [9.17, 15) is 9.59 Å². The quantitative estimate of drug-likeness (QED) is 0.529. The highest BCUT2D eigenvalue weighted by molar-refractivity contribution is 8.00. The minimum Gasteiger partial charge on any atom is -0.462 e. The van der Waals surface area contributed by atoms with Gasteiger partial charge in [-0.1, -0.05) is 0 Å². The van der Waals surface area contributed by atoms with Gasteiger partial charge >= 0.3 is 11.9 Å². The molecule has 0 saturated heterocycles. The molecule has 0 aromatic rings. The van der Waals surface area contributed by atoms with E-state index in [0.29, 0.717) is 5.75 Å². The summed E-state index contributed by atoms with van der Waals surface area (Å²) in [6.45, 7) is 7.09. The first-order valence-corrected chi connectivity index (χ1v) is 7.03. The number of carbonyl (C=O) groups is 2. The molecule has 0 N–H and O–H groups in total. The van der Waals surface area contributed by atoms with Gasteiger partial charge in [0.25, 0.3) is 0 Å². The van der Waals surface area contributed by atoms with Gasteiger partial charge < -0.3 is 9.47 Å². The Labute approximate surface area is 111 Å². The van der Waals surface area contributed by atoms with Crippen LogP contribution in [0.25, 0.3) is 0 Å². The molecule has 0 bridgehead atoms. The Bertz CT molecular complexity index is 256. The van der Waals surface area contributed by atoms with Gasteiger partial charge in [-0.15, -0.1) is 23.4 Å². The third-order valence-corrected chi connectivity index (χ3v) is 2.98. The predicted molar refractivity (Wildman–Crippen MR) is 69.4 cm³/mol. The first kappa shape index (κ1) is 16.6. The van der Waals surface area contributed by atoms with E-state index in [4.69, 9.17) is 21.1 Å². The summed E-state index contributed by atoms with van der Waals surface area (Å²) in [5, 5.41) is -0.728. The maximum absolute atomic E-state index is 11.3. The number of carbonyl (C=O) groups excluding carboxylic acids is 2. The van der Waals surface area contributed by atoms with E-state index in [1.165, 1.54) is 11.8 Å². The van der Waals surface area contributed by atoms with Crippen molar-refractivity contribution in [1.82, 2.24) is 0 Å². The summed E-state index contributed by atoms with van der Waals surface area (Å²) in [5.74, 6) is -0.228. The van der Waals surface area contributed by atoms with E-state index >= 15 is 0 Å². The van der Waals surface area contributed by atoms with Gasteiger partial charge in [0.15, 0.2) is 0 Å². The van der Waals surface area contributed by atoms with Crippen LogP contribution in [0.2, 0.25) is 0 Å². The van der Waals surface area contributed by atoms with E-state index in [1.807, 2.05) is 0 Å². The molecule has 0 spiro atoms. The summed E-state index contributed by atoms with van der Waals surface area (Å²) in [5.41, 5.74) is 0. The number of hydrogen-bond acceptors (Lipinski definition) is 5. The standard InChI is InChI=1S/C11H19ClO4S/c1-7(2)15-10(13)6-17-5-9(12)11(14)16-8(3)4/h7-9H,5-6H2,1-4H3. The summed E-state index contributed by atoms with van der Waals surface area (Å²) in [4.78, 5) is 22.5. The van der Waals surface area contributed by atoms with Gasteiger partial charge in [-0.2, -0.15) is 0 Å². The second kappa shape index (κ2) is 8.64. The fourth-order valence-corrected chi connectivity index (χ4v) is 1.93. The van der Waals surface area contributed by atoms with Crippen LogP contribution in [0, 0.1) is 0 Å². The van der Waals surface area contributed by atoms with Crippen LogP contribution in [-0.2, 0) is 19.1 Å². The van der Waals surface area contributed by atoms with Crippen molar-refractivity contribution in [3.8, 4) is 0 Å². The normalized spacial score (nSPS) is 12.6. The van der Waals surface area contributed by atoms with Gasteiger partial charge in [0, 0.05) is 5.75 Å². The second-order valence-corrected chi connectivity index (χ2v) is 5.56. The van der Waals surface area contributed by atoms with Crippen LogP contribution in [0.1, 0.15) is 27.7 Å². The van der Waals surface area contributed by atoms with Crippen LogP contribution in [0.4, 0.5) is 0 Å². The molecular formula is C11H19ClO4S. The monoisotopic (exact) mass is 282 g/mol. The first-order chi connectivity index (χ1) is 7.82. The van der Waals surface area contributed by atoms with Crippen LogP contribution in [0.3, 0.4) is 0 Å². The average Bonchev–Trinajstić information content (AvgIpc) is 2.14. The Kier molecular flexibility index (Phi) is 8.43. The SMILES string of the molecule is CC(C)OC(=O)CSCC(Cl)C(=O)OC(C)C. The number of halogens is 1. The smallest absolute Gasteiger partial charge is 0.325 e. The van der Waals surface area contributed by atoms with Gasteiger partial charge in [0.1, 0.15) is 5.38 Å². The van der Waals surface area contributed by atoms with Crippen molar-refractivity contribution in [2.75, 3.05) is 11.5 Å². The number of rotatable bonds is 7. The van der Waals surface area contributed by atoms with E-state index in [0.717, 1.165) is 0 Å². The molecule has 1 atom stereocenters. The fraction of sp³-hybridized carbons (Fsp3) is 0.818. The first-order valence-electron chi connectivity index (χ1n) is 5.44. The lowest BCUT2D eigenvalue weighted by Crippen LogP contribution is -2.24. The predicted octanol–water partition coefficient (Wildman–Crippen LogP) is 2.23. The van der Waals surface area contributed by atoms with Gasteiger partial charge in [0.05, 0.1) is 18.0 Å². The van der Waals surface area contributed by atoms with Gasteiger partial charge in [-0.3, -0.25) is 9.59 Å². The van der Waals surface area contributed by atoms with Crippen LogP contribution in [0.15, 0.2) is 0 Å². The molecule has 0 radical (unpaired) electrons. The number of esters is 2. The van der Waals surface area contributed by atoms with Crippen LogP contribution >= 0.6 is 23.4 Å². The third kappa shape index (κ3) is 9.30. The van der Waals surface area contributed by atoms with Gasteiger partial charge in [-0.25, -0.2) is 0 Å². The molecule has 0 aliphatic rings. The molecule has 0 aliphatic carbocycles. The van der Waals surface area contributed by atoms with E-state index in [2.05, 4.69) is 0 Å². The lowest BCUT2D eigenvalue weighted by molar-refractivity contribution is -0.146. The molecular weight excluding hydrogens is 264 g/mol. The molecule has 0 amide bonds. The minimum atomic E-state index is -0.728. The zero-order valence-electron chi connectivity index (χ0n) is 10.6. The summed E-state index contributed by atoms with van der Waals surface area (Å²) < 4.78 is 9.87.